The van der Waals surface area contributed by atoms with Crippen LogP contribution in [0.3, 0.4) is 0 Å². The summed E-state index contributed by atoms with van der Waals surface area (Å²) >= 11 is 0. The number of aromatic amines is 1. The smallest absolute Gasteiger partial charge is 0.273 e. The van der Waals surface area contributed by atoms with Crippen molar-refractivity contribution in [2.75, 3.05) is 11.5 Å². The molecule has 0 radical (unpaired) electrons. The number of carbonyl (C=O) groups is 1. The summed E-state index contributed by atoms with van der Waals surface area (Å²) in [6.45, 7) is 0. The van der Waals surface area contributed by atoms with E-state index in [0.29, 0.717) is 6.42 Å². The van der Waals surface area contributed by atoms with Crippen LogP contribution in [0.5, 0.6) is 0 Å². The van der Waals surface area contributed by atoms with Gasteiger partial charge in [0.25, 0.3) is 5.91 Å². The van der Waals surface area contributed by atoms with E-state index in [9.17, 15) is 13.2 Å². The second-order valence-corrected chi connectivity index (χ2v) is 5.66. The Morgan fingerprint density at radius 2 is 2.40 bits per heavy atom. The maximum absolute atomic E-state index is 11.4. The minimum absolute atomic E-state index is 0.0105. The maximum atomic E-state index is 11.4. The number of H-pyrrole nitrogens is 1. The Bertz CT molecular complexity index is 453. The molecule has 0 saturated carbocycles. The van der Waals surface area contributed by atoms with Crippen molar-refractivity contribution in [2.24, 2.45) is 0 Å². The largest absolute Gasteiger partial charge is 0.347 e. The highest BCUT2D eigenvalue weighted by Gasteiger charge is 2.29. The molecule has 7 nitrogen and oxygen atoms in total. The molecule has 1 fully saturated rings. The van der Waals surface area contributed by atoms with Crippen molar-refractivity contribution in [1.82, 2.24) is 20.7 Å². The number of amides is 1. The first-order chi connectivity index (χ1) is 7.07. The zero-order valence-corrected chi connectivity index (χ0v) is 8.62. The molecule has 1 atom stereocenters. The highest BCUT2D eigenvalue weighted by Crippen LogP contribution is 2.11. The van der Waals surface area contributed by atoms with Crippen LogP contribution in [0.4, 0.5) is 0 Å². The number of nitrogens with one attached hydrogen (secondary N) is 2. The second-order valence-electron chi connectivity index (χ2n) is 3.43. The lowest BCUT2D eigenvalue weighted by Gasteiger charge is -2.08. The van der Waals surface area contributed by atoms with Crippen LogP contribution < -0.4 is 5.32 Å². The third-order valence-corrected chi connectivity index (χ3v) is 3.98. The third-order valence-electron chi connectivity index (χ3n) is 2.22. The van der Waals surface area contributed by atoms with Crippen LogP contribution in [0.2, 0.25) is 0 Å². The summed E-state index contributed by atoms with van der Waals surface area (Å²) in [6.07, 6.45) is 1.75. The molecule has 1 aromatic heterocycles. The molecule has 1 unspecified atom stereocenters. The summed E-state index contributed by atoms with van der Waals surface area (Å²) in [6, 6.07) is -0.306. The Hall–Kier alpha value is -1.44. The highest BCUT2D eigenvalue weighted by atomic mass is 32.2. The molecule has 8 heteroatoms. The zero-order chi connectivity index (χ0) is 10.9. The van der Waals surface area contributed by atoms with Crippen molar-refractivity contribution < 1.29 is 13.2 Å². The molecule has 0 aromatic carbocycles. The van der Waals surface area contributed by atoms with E-state index in [-0.39, 0.29) is 23.2 Å². The van der Waals surface area contributed by atoms with Gasteiger partial charge in [0.2, 0.25) is 0 Å². The molecule has 0 bridgehead atoms. The van der Waals surface area contributed by atoms with Crippen molar-refractivity contribution in [3.05, 3.63) is 11.9 Å². The monoisotopic (exact) mass is 230 g/mol. The lowest BCUT2D eigenvalue weighted by atomic mass is 10.2. The van der Waals surface area contributed by atoms with Gasteiger partial charge in [-0.1, -0.05) is 0 Å². The lowest BCUT2D eigenvalue weighted by molar-refractivity contribution is 0.0936. The van der Waals surface area contributed by atoms with Crippen LogP contribution in [-0.4, -0.2) is 47.3 Å². The highest BCUT2D eigenvalue weighted by molar-refractivity contribution is 7.91. The van der Waals surface area contributed by atoms with Gasteiger partial charge in [-0.15, -0.1) is 0 Å². The fourth-order valence-electron chi connectivity index (χ4n) is 1.48. The average Bonchev–Trinajstić information content (AvgIpc) is 2.74. The molecule has 2 heterocycles. The normalized spacial score (nSPS) is 23.9. The predicted octanol–water partition coefficient (Wildman–Crippen LogP) is -1.28. The SMILES string of the molecule is O=C(NC1CCS(=O)(=O)C1)c1cn[nH]n1. The number of sulfone groups is 1. The maximum Gasteiger partial charge on any atom is 0.273 e. The van der Waals surface area contributed by atoms with Crippen molar-refractivity contribution >= 4 is 15.7 Å². The molecule has 1 aliphatic rings. The number of nitrogens with zero attached hydrogens (tertiary/aromatic N) is 2. The van der Waals surface area contributed by atoms with E-state index in [1.54, 1.807) is 0 Å². The second kappa shape index (κ2) is 3.61. The first kappa shape index (κ1) is 10.1. The van der Waals surface area contributed by atoms with Gasteiger partial charge in [-0.3, -0.25) is 4.79 Å². The molecular formula is C7H10N4O3S. The first-order valence-electron chi connectivity index (χ1n) is 4.44. The Balaban J connectivity index is 1.97. The van der Waals surface area contributed by atoms with Gasteiger partial charge in [0.1, 0.15) is 0 Å². The molecule has 0 aliphatic carbocycles. The van der Waals surface area contributed by atoms with Gasteiger partial charge < -0.3 is 5.32 Å². The molecule has 2 N–H and O–H groups in total. The first-order valence-corrected chi connectivity index (χ1v) is 6.26. The van der Waals surface area contributed by atoms with Crippen molar-refractivity contribution in [3.63, 3.8) is 0 Å². The molecule has 1 amide bonds. The Morgan fingerprint density at radius 3 is 2.93 bits per heavy atom. The number of hydrogen-bond donors (Lipinski definition) is 2. The molecule has 1 saturated heterocycles. The molecule has 0 spiro atoms. The molecule has 2 rings (SSSR count). The minimum atomic E-state index is -2.97. The van der Waals surface area contributed by atoms with Crippen LogP contribution >= 0.6 is 0 Å². The standard InChI is InChI=1S/C7H10N4O3S/c12-7(6-3-8-11-10-6)9-5-1-2-15(13,14)4-5/h3,5H,1-2,4H2,(H,9,12)(H,8,10,11). The fraction of sp³-hybridized carbons (Fsp3) is 0.571. The van der Waals surface area contributed by atoms with Crippen LogP contribution in [0.15, 0.2) is 6.20 Å². The predicted molar refractivity (Wildman–Crippen MR) is 50.9 cm³/mol. The van der Waals surface area contributed by atoms with Gasteiger partial charge in [0.05, 0.1) is 17.7 Å². The van der Waals surface area contributed by atoms with E-state index < -0.39 is 15.7 Å². The van der Waals surface area contributed by atoms with Crippen molar-refractivity contribution in [1.29, 1.82) is 0 Å². The molecule has 1 aromatic rings. The third kappa shape index (κ3) is 2.32. The van der Waals surface area contributed by atoms with E-state index in [1.807, 2.05) is 0 Å². The van der Waals surface area contributed by atoms with Gasteiger partial charge in [0, 0.05) is 6.04 Å². The summed E-state index contributed by atoms with van der Waals surface area (Å²) in [4.78, 5) is 11.4. The van der Waals surface area contributed by atoms with Crippen molar-refractivity contribution in [3.8, 4) is 0 Å². The van der Waals surface area contributed by atoms with Gasteiger partial charge in [-0.2, -0.15) is 15.4 Å². The molecule has 1 aliphatic heterocycles. The fourth-order valence-corrected chi connectivity index (χ4v) is 3.15. The summed E-state index contributed by atoms with van der Waals surface area (Å²) in [5.41, 5.74) is 0.166. The topological polar surface area (TPSA) is 105 Å². The number of carbonyl (C=O) groups excluding carboxylic acids is 1. The van der Waals surface area contributed by atoms with Gasteiger partial charge in [-0.05, 0) is 6.42 Å². The summed E-state index contributed by atoms with van der Waals surface area (Å²) in [5, 5.41) is 12.0. The van der Waals surface area contributed by atoms with Gasteiger partial charge in [-0.25, -0.2) is 8.42 Å². The number of hydrogen-bond acceptors (Lipinski definition) is 5. The summed E-state index contributed by atoms with van der Waals surface area (Å²) in [5.74, 6) is -0.251. The van der Waals surface area contributed by atoms with Gasteiger partial charge >= 0.3 is 0 Å². The zero-order valence-electron chi connectivity index (χ0n) is 7.80. The van der Waals surface area contributed by atoms with Crippen LogP contribution in [0.25, 0.3) is 0 Å². The minimum Gasteiger partial charge on any atom is -0.347 e. The molecule has 15 heavy (non-hydrogen) atoms. The average molecular weight is 230 g/mol. The molecular weight excluding hydrogens is 220 g/mol. The summed E-state index contributed by atoms with van der Waals surface area (Å²) < 4.78 is 22.2. The quantitative estimate of drug-likeness (QED) is 0.658. The Kier molecular flexibility index (Phi) is 2.43. The van der Waals surface area contributed by atoms with Crippen LogP contribution in [-0.2, 0) is 9.84 Å². The molecule has 82 valence electrons. The van der Waals surface area contributed by atoms with Crippen LogP contribution in [0.1, 0.15) is 16.9 Å². The van der Waals surface area contributed by atoms with Crippen LogP contribution in [0, 0.1) is 0 Å². The Morgan fingerprint density at radius 1 is 1.60 bits per heavy atom. The summed E-state index contributed by atoms with van der Waals surface area (Å²) in [7, 11) is -2.97. The Labute approximate surface area is 86.2 Å². The van der Waals surface area contributed by atoms with Crippen molar-refractivity contribution in [2.45, 2.75) is 12.5 Å². The van der Waals surface area contributed by atoms with E-state index in [2.05, 4.69) is 20.7 Å². The van der Waals surface area contributed by atoms with Gasteiger partial charge in [0.15, 0.2) is 15.5 Å². The van der Waals surface area contributed by atoms with E-state index >= 15 is 0 Å². The number of aromatic nitrogens is 3. The van der Waals surface area contributed by atoms with E-state index in [0.717, 1.165) is 0 Å². The number of rotatable bonds is 2. The van der Waals surface area contributed by atoms with E-state index in [1.165, 1.54) is 6.20 Å². The van der Waals surface area contributed by atoms with E-state index in [4.69, 9.17) is 0 Å². The lowest BCUT2D eigenvalue weighted by Crippen LogP contribution is -2.35.